The van der Waals surface area contributed by atoms with Gasteiger partial charge in [0.05, 0.1) is 11.8 Å². The lowest BCUT2D eigenvalue weighted by Gasteiger charge is -2.13. The molecule has 1 unspecified atom stereocenters. The molecule has 9 heteroatoms. The van der Waals surface area contributed by atoms with Crippen LogP contribution in [0.1, 0.15) is 50.2 Å². The topological polar surface area (TPSA) is 116 Å². The molecule has 0 aromatic carbocycles. The van der Waals surface area contributed by atoms with Crippen LogP contribution in [0.25, 0.3) is 0 Å². The van der Waals surface area contributed by atoms with Crippen molar-refractivity contribution < 1.29 is 19.1 Å². The fourth-order valence-corrected chi connectivity index (χ4v) is 4.24. The first kappa shape index (κ1) is 18.1. The highest BCUT2D eigenvalue weighted by atomic mass is 32.1. The summed E-state index contributed by atoms with van der Waals surface area (Å²) in [5, 5.41) is 7.08. The molecule has 0 spiro atoms. The molecule has 3 rings (SSSR count). The third kappa shape index (κ3) is 3.22. The zero-order valence-electron chi connectivity index (χ0n) is 14.8. The van der Waals surface area contributed by atoms with Gasteiger partial charge in [0.15, 0.2) is 6.10 Å². The van der Waals surface area contributed by atoms with Crippen LogP contribution in [0.3, 0.4) is 0 Å². The lowest BCUT2D eigenvalue weighted by atomic mass is 10.1. The Bertz CT molecular complexity index is 899. The second-order valence-electron chi connectivity index (χ2n) is 6.23. The molecule has 0 saturated carbocycles. The fourth-order valence-electron chi connectivity index (χ4n) is 2.94. The smallest absolute Gasteiger partial charge is 0.342 e. The largest absolute Gasteiger partial charge is 0.449 e. The van der Waals surface area contributed by atoms with Gasteiger partial charge in [-0.15, -0.1) is 11.3 Å². The van der Waals surface area contributed by atoms with E-state index in [0.717, 1.165) is 29.7 Å². The van der Waals surface area contributed by atoms with E-state index in [0.29, 0.717) is 21.8 Å². The number of thiophene rings is 1. The Kier molecular flexibility index (Phi) is 4.82. The van der Waals surface area contributed by atoms with Crippen LogP contribution < -0.4 is 11.1 Å². The Labute approximate surface area is 154 Å². The van der Waals surface area contributed by atoms with Crippen LogP contribution in [0.2, 0.25) is 0 Å². The number of nitrogens with two attached hydrogens (primary N) is 1. The van der Waals surface area contributed by atoms with Gasteiger partial charge in [-0.3, -0.25) is 14.3 Å². The maximum Gasteiger partial charge on any atom is 0.342 e. The van der Waals surface area contributed by atoms with Crippen LogP contribution in [0.15, 0.2) is 6.20 Å². The van der Waals surface area contributed by atoms with Crippen molar-refractivity contribution in [2.24, 2.45) is 12.8 Å². The number of aromatic nitrogens is 2. The lowest BCUT2D eigenvalue weighted by molar-refractivity contribution is -0.123. The second kappa shape index (κ2) is 6.91. The molecular weight excluding hydrogens is 356 g/mol. The van der Waals surface area contributed by atoms with E-state index in [9.17, 15) is 14.4 Å². The number of carbonyl (C=O) groups excluding carboxylic acids is 3. The Balaban J connectivity index is 1.71. The average Bonchev–Trinajstić information content (AvgIpc) is 3.22. The molecule has 8 nitrogen and oxygen atoms in total. The molecule has 0 saturated heterocycles. The van der Waals surface area contributed by atoms with Gasteiger partial charge in [0.1, 0.15) is 10.6 Å². The molecule has 1 aliphatic rings. The predicted molar refractivity (Wildman–Crippen MR) is 96.3 cm³/mol. The number of carbonyl (C=O) groups is 3. The van der Waals surface area contributed by atoms with Crippen LogP contribution in [0.5, 0.6) is 0 Å². The monoisotopic (exact) mass is 376 g/mol. The maximum atomic E-state index is 12.4. The number of nitrogens with zero attached hydrogens (tertiary/aromatic N) is 2. The van der Waals surface area contributed by atoms with Gasteiger partial charge in [-0.2, -0.15) is 5.10 Å². The highest BCUT2D eigenvalue weighted by molar-refractivity contribution is 7.17. The minimum atomic E-state index is -1.03. The zero-order valence-corrected chi connectivity index (χ0v) is 15.6. The summed E-state index contributed by atoms with van der Waals surface area (Å²) >= 11 is 1.36. The summed E-state index contributed by atoms with van der Waals surface area (Å²) in [6, 6.07) is 0. The average molecular weight is 376 g/mol. The number of anilines is 1. The first-order valence-electron chi connectivity index (χ1n) is 8.24. The number of esters is 1. The lowest BCUT2D eigenvalue weighted by Crippen LogP contribution is -2.30. The Morgan fingerprint density at radius 3 is 2.73 bits per heavy atom. The van der Waals surface area contributed by atoms with Gasteiger partial charge in [0.2, 0.25) is 0 Å². The molecule has 3 N–H and O–H groups in total. The molecule has 2 aromatic rings. The molecule has 1 aliphatic carbocycles. The van der Waals surface area contributed by atoms with Gasteiger partial charge in [0.25, 0.3) is 11.8 Å². The van der Waals surface area contributed by atoms with E-state index in [1.807, 2.05) is 0 Å². The van der Waals surface area contributed by atoms with Crippen molar-refractivity contribution in [1.82, 2.24) is 9.78 Å². The van der Waals surface area contributed by atoms with Gasteiger partial charge in [0, 0.05) is 17.6 Å². The van der Waals surface area contributed by atoms with Gasteiger partial charge < -0.3 is 15.8 Å². The summed E-state index contributed by atoms with van der Waals surface area (Å²) in [6.45, 7) is 3.21. The summed E-state index contributed by atoms with van der Waals surface area (Å²) < 4.78 is 6.78. The molecular formula is C17H20N4O4S. The summed E-state index contributed by atoms with van der Waals surface area (Å²) in [6.07, 6.45) is 3.01. The van der Waals surface area contributed by atoms with Crippen LogP contribution >= 0.6 is 11.3 Å². The number of aryl methyl sites for hydroxylation is 2. The first-order chi connectivity index (χ1) is 12.3. The van der Waals surface area contributed by atoms with E-state index in [4.69, 9.17) is 10.5 Å². The van der Waals surface area contributed by atoms with Crippen LogP contribution in [0, 0.1) is 6.92 Å². The zero-order chi connectivity index (χ0) is 19.0. The van der Waals surface area contributed by atoms with Crippen molar-refractivity contribution >= 4 is 34.1 Å². The predicted octanol–water partition coefficient (Wildman–Crippen LogP) is 1.56. The highest BCUT2D eigenvalue weighted by Crippen LogP contribution is 2.38. The van der Waals surface area contributed by atoms with Crippen LogP contribution in [0.4, 0.5) is 5.00 Å². The van der Waals surface area contributed by atoms with Crippen molar-refractivity contribution in [1.29, 1.82) is 0 Å². The molecule has 1 atom stereocenters. The standard InChI is InChI=1S/C17H20N4O4S/c1-8-11(7-19-21(8)3)17(24)25-9(2)15(23)20-16-13(14(18)22)10-5-4-6-12(10)26-16/h7,9H,4-6H2,1-3H3,(H2,18,22)(H,20,23). The SMILES string of the molecule is Cc1c(C(=O)OC(C)C(=O)Nc2sc3c(c2C(N)=O)CCC3)cnn1C. The van der Waals surface area contributed by atoms with Crippen molar-refractivity contribution in [3.63, 3.8) is 0 Å². The van der Waals surface area contributed by atoms with Gasteiger partial charge in [-0.1, -0.05) is 0 Å². The molecule has 0 fully saturated rings. The molecule has 26 heavy (non-hydrogen) atoms. The number of rotatable bonds is 5. The minimum Gasteiger partial charge on any atom is -0.449 e. The summed E-state index contributed by atoms with van der Waals surface area (Å²) in [7, 11) is 1.71. The van der Waals surface area contributed by atoms with Gasteiger partial charge >= 0.3 is 5.97 Å². The third-order valence-electron chi connectivity index (χ3n) is 4.51. The number of hydrogen-bond acceptors (Lipinski definition) is 6. The molecule has 0 aliphatic heterocycles. The van der Waals surface area contributed by atoms with Crippen molar-refractivity contribution in [3.05, 3.63) is 33.5 Å². The molecule has 2 amide bonds. The number of fused-ring (bicyclic) bond motifs is 1. The number of ether oxygens (including phenoxy) is 1. The summed E-state index contributed by atoms with van der Waals surface area (Å²) in [4.78, 5) is 37.5. The van der Waals surface area contributed by atoms with E-state index in [1.54, 1.807) is 18.7 Å². The van der Waals surface area contributed by atoms with E-state index < -0.39 is 23.9 Å². The van der Waals surface area contributed by atoms with Gasteiger partial charge in [-0.25, -0.2) is 4.79 Å². The van der Waals surface area contributed by atoms with Gasteiger partial charge in [-0.05, 0) is 38.7 Å². The maximum absolute atomic E-state index is 12.4. The molecule has 2 heterocycles. The second-order valence-corrected chi connectivity index (χ2v) is 7.33. The summed E-state index contributed by atoms with van der Waals surface area (Å²) in [5.41, 5.74) is 7.73. The van der Waals surface area contributed by atoms with E-state index >= 15 is 0 Å². The number of nitrogens with one attached hydrogen (secondary N) is 1. The Hall–Kier alpha value is -2.68. The molecule has 2 aromatic heterocycles. The Morgan fingerprint density at radius 2 is 2.12 bits per heavy atom. The van der Waals surface area contributed by atoms with Crippen LogP contribution in [-0.2, 0) is 29.4 Å². The molecule has 0 bridgehead atoms. The quantitative estimate of drug-likeness (QED) is 0.768. The Morgan fingerprint density at radius 1 is 1.38 bits per heavy atom. The molecule has 138 valence electrons. The van der Waals surface area contributed by atoms with Crippen molar-refractivity contribution in [2.45, 2.75) is 39.2 Å². The van der Waals surface area contributed by atoms with Crippen molar-refractivity contribution in [3.8, 4) is 0 Å². The van der Waals surface area contributed by atoms with E-state index in [-0.39, 0.29) is 0 Å². The number of hydrogen-bond donors (Lipinski definition) is 2. The minimum absolute atomic E-state index is 0.306. The van der Waals surface area contributed by atoms with Crippen LogP contribution in [-0.4, -0.2) is 33.7 Å². The normalized spacial score (nSPS) is 14.0. The highest BCUT2D eigenvalue weighted by Gasteiger charge is 2.28. The van der Waals surface area contributed by atoms with E-state index in [1.165, 1.54) is 24.5 Å². The fraction of sp³-hybridized carbons (Fsp3) is 0.412. The third-order valence-corrected chi connectivity index (χ3v) is 5.72. The summed E-state index contributed by atoms with van der Waals surface area (Å²) in [5.74, 6) is -1.69. The number of amides is 2. The van der Waals surface area contributed by atoms with E-state index in [2.05, 4.69) is 10.4 Å². The number of primary amides is 1. The first-order valence-corrected chi connectivity index (χ1v) is 9.06. The van der Waals surface area contributed by atoms with Crippen molar-refractivity contribution in [2.75, 3.05) is 5.32 Å². The molecule has 0 radical (unpaired) electrons.